The van der Waals surface area contributed by atoms with Gasteiger partial charge in [-0.2, -0.15) is 0 Å². The number of ether oxygens (including phenoxy) is 3. The molecule has 57 heavy (non-hydrogen) atoms. The van der Waals surface area contributed by atoms with E-state index in [0.717, 1.165) is 11.1 Å². The van der Waals surface area contributed by atoms with E-state index >= 15 is 0 Å². The van der Waals surface area contributed by atoms with Crippen LogP contribution in [0.5, 0.6) is 0 Å². The second kappa shape index (κ2) is 30.0. The summed E-state index contributed by atoms with van der Waals surface area (Å²) in [5.41, 5.74) is 1.56. The Hall–Kier alpha value is -3.15. The van der Waals surface area contributed by atoms with Gasteiger partial charge in [0.1, 0.15) is 0 Å². The first kappa shape index (κ1) is 50.0. The molecule has 2 rings (SSSR count). The summed E-state index contributed by atoms with van der Waals surface area (Å²) < 4.78 is 33.4. The highest BCUT2D eigenvalue weighted by Crippen LogP contribution is 2.45. The average molecular weight is 835 g/mol. The summed E-state index contributed by atoms with van der Waals surface area (Å²) in [6, 6.07) is 6.35. The Morgan fingerprint density at radius 3 is 1.67 bits per heavy atom. The van der Waals surface area contributed by atoms with E-state index in [2.05, 4.69) is 35.8 Å². The molecular formula is C35H63N8O13P. The molecule has 326 valence electrons. The fraction of sp³-hybridized carbons (Fsp3) is 0.714. The zero-order chi connectivity index (χ0) is 41.7. The number of benzene rings is 1. The van der Waals surface area contributed by atoms with Gasteiger partial charge in [-0.1, -0.05) is 31.2 Å². The molecular weight excluding hydrogens is 771 g/mol. The molecule has 1 aromatic rings. The van der Waals surface area contributed by atoms with Crippen LogP contribution in [0.15, 0.2) is 24.3 Å². The van der Waals surface area contributed by atoms with Crippen molar-refractivity contribution < 1.29 is 61.9 Å². The first-order valence-corrected chi connectivity index (χ1v) is 20.9. The van der Waals surface area contributed by atoms with Crippen molar-refractivity contribution in [3.63, 3.8) is 0 Å². The van der Waals surface area contributed by atoms with Gasteiger partial charge in [-0.05, 0) is 43.2 Å². The van der Waals surface area contributed by atoms with Crippen molar-refractivity contribution in [3.05, 3.63) is 35.4 Å². The minimum Gasteiger partial charge on any atom is -0.377 e. The zero-order valence-corrected chi connectivity index (χ0v) is 33.8. The van der Waals surface area contributed by atoms with E-state index in [1.165, 1.54) is 4.90 Å². The number of nitrogens with zero attached hydrogens (tertiary/aromatic N) is 1. The van der Waals surface area contributed by atoms with E-state index in [1.807, 2.05) is 24.3 Å². The lowest BCUT2D eigenvalue weighted by Gasteiger charge is -2.30. The first-order valence-electron chi connectivity index (χ1n) is 19.1. The van der Waals surface area contributed by atoms with Crippen LogP contribution in [0.25, 0.3) is 0 Å². The van der Waals surface area contributed by atoms with Crippen molar-refractivity contribution in [1.29, 1.82) is 0 Å². The molecule has 0 heterocycles. The van der Waals surface area contributed by atoms with Gasteiger partial charge in [-0.3, -0.25) is 28.6 Å². The predicted octanol–water partition coefficient (Wildman–Crippen LogP) is -1.63. The Kier molecular flexibility index (Phi) is 26.3. The van der Waals surface area contributed by atoms with Crippen LogP contribution in [0.1, 0.15) is 43.7 Å². The third-order valence-electron chi connectivity index (χ3n) is 8.83. The predicted molar refractivity (Wildman–Crippen MR) is 206 cm³/mol. The van der Waals surface area contributed by atoms with Crippen molar-refractivity contribution in [1.82, 2.24) is 26.2 Å². The number of rotatable bonds is 32. The van der Waals surface area contributed by atoms with E-state index < -0.39 is 31.4 Å². The van der Waals surface area contributed by atoms with Gasteiger partial charge in [0.2, 0.25) is 23.6 Å². The van der Waals surface area contributed by atoms with E-state index in [9.17, 15) is 28.6 Å². The largest absolute Gasteiger partial charge is 0.377 e. The Morgan fingerprint density at radius 1 is 0.719 bits per heavy atom. The molecule has 1 aliphatic carbocycles. The van der Waals surface area contributed by atoms with Crippen LogP contribution in [-0.2, 0) is 70.0 Å². The summed E-state index contributed by atoms with van der Waals surface area (Å²) in [7, 11) is -3.60. The summed E-state index contributed by atoms with van der Waals surface area (Å²) >= 11 is 0. The van der Waals surface area contributed by atoms with E-state index in [-0.39, 0.29) is 129 Å². The molecule has 21 nitrogen and oxygen atoms in total. The van der Waals surface area contributed by atoms with E-state index in [4.69, 9.17) is 36.4 Å². The van der Waals surface area contributed by atoms with Crippen molar-refractivity contribution in [2.24, 2.45) is 23.6 Å². The van der Waals surface area contributed by atoms with Crippen LogP contribution in [-0.4, -0.2) is 144 Å². The van der Waals surface area contributed by atoms with E-state index in [1.54, 1.807) is 6.92 Å². The maximum atomic E-state index is 13.8. The van der Waals surface area contributed by atoms with Gasteiger partial charge in [0.15, 0.2) is 0 Å². The molecule has 4 amide bonds. The highest BCUT2D eigenvalue weighted by molar-refractivity contribution is 7.52. The Balaban J connectivity index is 2.13. The lowest BCUT2D eigenvalue weighted by atomic mass is 9.87. The van der Waals surface area contributed by atoms with Gasteiger partial charge in [0, 0.05) is 38.3 Å². The number of carbonyl (C=O) groups excluding carboxylic acids is 4. The molecule has 0 saturated heterocycles. The molecule has 0 aliphatic heterocycles. The van der Waals surface area contributed by atoms with Crippen molar-refractivity contribution in [2.75, 3.05) is 98.3 Å². The highest BCUT2D eigenvalue weighted by atomic mass is 31.2. The maximum Gasteiger partial charge on any atom is 0.328 e. The molecule has 0 radical (unpaired) electrons. The number of nitrogens with one attached hydrogen (secondary N) is 4. The van der Waals surface area contributed by atoms with Crippen LogP contribution >= 0.6 is 7.60 Å². The van der Waals surface area contributed by atoms with Gasteiger partial charge < -0.3 is 59.4 Å². The molecule has 1 saturated carbocycles. The molecule has 11 N–H and O–H groups in total. The minimum atomic E-state index is -3.60. The molecule has 0 aromatic heterocycles. The summed E-state index contributed by atoms with van der Waals surface area (Å²) in [6.07, 6.45) is 2.01. The van der Waals surface area contributed by atoms with Crippen LogP contribution in [0.3, 0.4) is 0 Å². The molecule has 1 aliphatic rings. The number of hydrogen-bond donors (Lipinski definition) is 8. The van der Waals surface area contributed by atoms with Gasteiger partial charge >= 0.3 is 7.60 Å². The SMILES string of the molecule is CCP(=O)(O)OC1CCC(C(=O)NCc2ccc(C[C@@H](C(=O)NCCOCCON)N(CC(=O)NCCOCCON)CC(=O)NCCOCCON)cc2)CC1. The highest BCUT2D eigenvalue weighted by Gasteiger charge is 2.31. The molecule has 1 fully saturated rings. The normalized spacial score (nSPS) is 17.1. The number of amides is 4. The Labute approximate surface area is 334 Å². The minimum absolute atomic E-state index is 0.0437. The molecule has 1 aromatic carbocycles. The van der Waals surface area contributed by atoms with Gasteiger partial charge in [0.25, 0.3) is 0 Å². The summed E-state index contributed by atoms with van der Waals surface area (Å²) in [4.78, 5) is 77.7. The van der Waals surface area contributed by atoms with Crippen molar-refractivity contribution >= 4 is 31.2 Å². The Bertz CT molecular complexity index is 1310. The van der Waals surface area contributed by atoms with Crippen LogP contribution in [0.2, 0.25) is 0 Å². The number of hydrogen-bond acceptors (Lipinski definition) is 16. The number of carbonyl (C=O) groups is 4. The fourth-order valence-corrected chi connectivity index (χ4v) is 6.58. The Morgan fingerprint density at radius 2 is 1.19 bits per heavy atom. The second-order valence-corrected chi connectivity index (χ2v) is 15.3. The second-order valence-electron chi connectivity index (χ2n) is 13.1. The quantitative estimate of drug-likeness (QED) is 0.0230. The van der Waals surface area contributed by atoms with Gasteiger partial charge in [-0.25, -0.2) is 17.7 Å². The zero-order valence-electron chi connectivity index (χ0n) is 32.9. The van der Waals surface area contributed by atoms with E-state index in [0.29, 0.717) is 25.7 Å². The molecule has 0 spiro atoms. The standard InChI is InChI=1S/C35H63N8O13P/c1-2-57(48,49)56-30-9-7-29(8-10-30)34(46)42-24-28-5-3-27(4-6-28)23-31(35(47)41-13-16-52-19-22-55-38)43(25-32(44)39-11-14-50-17-20-53-36)26-33(45)40-12-15-51-18-21-54-37/h3-6,29-31H,2,7-26,36-38H2,1H3,(H,39,44)(H,40,45)(H,41,47)(H,42,46)(H,48,49)/t29?,30?,31-/m0/s1. The maximum absolute atomic E-state index is 13.8. The number of nitrogens with two attached hydrogens (primary N) is 3. The summed E-state index contributed by atoms with van der Waals surface area (Å²) in [5, 5.41) is 11.3. The molecule has 22 heteroatoms. The van der Waals surface area contributed by atoms with Gasteiger partial charge in [0.05, 0.1) is 84.7 Å². The summed E-state index contributed by atoms with van der Waals surface area (Å²) in [6.45, 7) is 3.62. The molecule has 1 unspecified atom stereocenters. The smallest absolute Gasteiger partial charge is 0.328 e. The molecule has 2 atom stereocenters. The van der Waals surface area contributed by atoms with Crippen molar-refractivity contribution in [2.45, 2.75) is 57.7 Å². The van der Waals surface area contributed by atoms with Crippen molar-refractivity contribution in [3.8, 4) is 0 Å². The van der Waals surface area contributed by atoms with Gasteiger partial charge in [-0.15, -0.1) is 0 Å². The lowest BCUT2D eigenvalue weighted by Crippen LogP contribution is -2.54. The first-order chi connectivity index (χ1) is 27.5. The average Bonchev–Trinajstić information content (AvgIpc) is 3.20. The lowest BCUT2D eigenvalue weighted by molar-refractivity contribution is -0.132. The summed E-state index contributed by atoms with van der Waals surface area (Å²) in [5.74, 6) is 13.4. The third-order valence-corrected chi connectivity index (χ3v) is 10.3. The van der Waals surface area contributed by atoms with Crippen LogP contribution in [0.4, 0.5) is 0 Å². The third kappa shape index (κ3) is 22.5. The topological polar surface area (TPSA) is 300 Å². The molecule has 0 bridgehead atoms. The fourth-order valence-electron chi connectivity index (χ4n) is 5.75. The monoisotopic (exact) mass is 834 g/mol. The van der Waals surface area contributed by atoms with Crippen LogP contribution in [0, 0.1) is 5.92 Å². The van der Waals surface area contributed by atoms with Crippen LogP contribution < -0.4 is 39.0 Å².